The van der Waals surface area contributed by atoms with Crippen LogP contribution in [-0.4, -0.2) is 15.0 Å². The molecule has 1 aliphatic rings. The number of rotatable bonds is 2. The van der Waals surface area contributed by atoms with E-state index in [1.165, 1.54) is 11.1 Å². The van der Waals surface area contributed by atoms with Crippen molar-refractivity contribution in [2.75, 3.05) is 0 Å². The van der Waals surface area contributed by atoms with Gasteiger partial charge in [0.1, 0.15) is 11.5 Å². The summed E-state index contributed by atoms with van der Waals surface area (Å²) < 4.78 is 5.91. The van der Waals surface area contributed by atoms with Crippen molar-refractivity contribution in [3.8, 4) is 11.6 Å². The molecule has 1 aliphatic carbocycles. The van der Waals surface area contributed by atoms with Gasteiger partial charge in [-0.25, -0.2) is 4.98 Å². The minimum atomic E-state index is 0.474. The summed E-state index contributed by atoms with van der Waals surface area (Å²) in [6.45, 7) is 2.08. The molecular weight excluding hydrogens is 274 g/mol. The Bertz CT molecular complexity index is 795. The molecule has 110 valence electrons. The van der Waals surface area contributed by atoms with Crippen LogP contribution in [0.1, 0.15) is 34.9 Å². The summed E-state index contributed by atoms with van der Waals surface area (Å²) in [7, 11) is 0. The van der Waals surface area contributed by atoms with Gasteiger partial charge in [0.05, 0.1) is 5.69 Å². The zero-order chi connectivity index (χ0) is 14.9. The quantitative estimate of drug-likeness (QED) is 0.722. The van der Waals surface area contributed by atoms with Crippen molar-refractivity contribution in [3.63, 3.8) is 0 Å². The average molecular weight is 291 g/mol. The monoisotopic (exact) mass is 291 g/mol. The highest BCUT2D eigenvalue weighted by molar-refractivity contribution is 5.47. The number of pyridine rings is 2. The average Bonchev–Trinajstić information content (AvgIpc) is 2.99. The minimum absolute atomic E-state index is 0.474. The molecule has 3 heterocycles. The lowest BCUT2D eigenvalue weighted by Gasteiger charge is -2.20. The first-order valence-corrected chi connectivity index (χ1v) is 7.61. The van der Waals surface area contributed by atoms with Crippen LogP contribution in [0.15, 0.2) is 47.3 Å². The Labute approximate surface area is 129 Å². The van der Waals surface area contributed by atoms with Gasteiger partial charge < -0.3 is 4.42 Å². The van der Waals surface area contributed by atoms with E-state index in [1.54, 1.807) is 6.20 Å². The number of fused-ring (bicyclic) bond motifs is 1. The van der Waals surface area contributed by atoms with Crippen LogP contribution in [0.25, 0.3) is 11.6 Å². The van der Waals surface area contributed by atoms with Gasteiger partial charge in [0.2, 0.25) is 5.89 Å². The van der Waals surface area contributed by atoms with Crippen molar-refractivity contribution in [1.82, 2.24) is 15.0 Å². The Hall–Kier alpha value is -2.49. The Kier molecular flexibility index (Phi) is 3.22. The smallest absolute Gasteiger partial charge is 0.245 e. The maximum absolute atomic E-state index is 5.91. The third-order valence-corrected chi connectivity index (χ3v) is 4.19. The SMILES string of the molecule is Cc1cncc(C2CCc3oc(-c4ccccn4)nc3C2)c1. The number of oxazole rings is 1. The Morgan fingerprint density at radius 2 is 2.18 bits per heavy atom. The first-order valence-electron chi connectivity index (χ1n) is 7.61. The molecule has 0 saturated heterocycles. The normalized spacial score (nSPS) is 17.2. The Balaban J connectivity index is 1.63. The molecule has 0 spiro atoms. The highest BCUT2D eigenvalue weighted by atomic mass is 16.4. The van der Waals surface area contributed by atoms with Gasteiger partial charge in [0.15, 0.2) is 0 Å². The minimum Gasteiger partial charge on any atom is -0.440 e. The van der Waals surface area contributed by atoms with E-state index in [2.05, 4.69) is 27.9 Å². The molecular formula is C18H17N3O. The van der Waals surface area contributed by atoms with E-state index in [0.717, 1.165) is 36.4 Å². The molecule has 0 amide bonds. The van der Waals surface area contributed by atoms with Crippen molar-refractivity contribution in [1.29, 1.82) is 0 Å². The Morgan fingerprint density at radius 3 is 3.00 bits per heavy atom. The predicted molar refractivity (Wildman–Crippen MR) is 83.5 cm³/mol. The van der Waals surface area contributed by atoms with Crippen LogP contribution in [0, 0.1) is 6.92 Å². The first kappa shape index (κ1) is 13.2. The van der Waals surface area contributed by atoms with Crippen molar-refractivity contribution >= 4 is 0 Å². The molecule has 0 N–H and O–H groups in total. The number of aryl methyl sites for hydroxylation is 2. The van der Waals surface area contributed by atoms with E-state index < -0.39 is 0 Å². The molecule has 3 aromatic rings. The van der Waals surface area contributed by atoms with E-state index >= 15 is 0 Å². The second kappa shape index (κ2) is 5.37. The molecule has 4 rings (SSSR count). The van der Waals surface area contributed by atoms with E-state index in [1.807, 2.05) is 30.6 Å². The molecule has 0 aromatic carbocycles. The second-order valence-corrected chi connectivity index (χ2v) is 5.84. The number of hydrogen-bond donors (Lipinski definition) is 0. The van der Waals surface area contributed by atoms with Crippen LogP contribution in [0.5, 0.6) is 0 Å². The summed E-state index contributed by atoms with van der Waals surface area (Å²) >= 11 is 0. The summed E-state index contributed by atoms with van der Waals surface area (Å²) in [4.78, 5) is 13.3. The van der Waals surface area contributed by atoms with Gasteiger partial charge in [-0.15, -0.1) is 0 Å². The maximum atomic E-state index is 5.91. The summed E-state index contributed by atoms with van der Waals surface area (Å²) in [5.74, 6) is 2.12. The molecule has 0 radical (unpaired) electrons. The topological polar surface area (TPSA) is 51.8 Å². The molecule has 0 aliphatic heterocycles. The maximum Gasteiger partial charge on any atom is 0.245 e. The molecule has 1 unspecified atom stereocenters. The number of hydrogen-bond acceptors (Lipinski definition) is 4. The number of aromatic nitrogens is 3. The molecule has 0 saturated carbocycles. The van der Waals surface area contributed by atoms with Crippen molar-refractivity contribution in [2.24, 2.45) is 0 Å². The molecule has 0 bridgehead atoms. The lowest BCUT2D eigenvalue weighted by molar-refractivity contribution is 0.463. The van der Waals surface area contributed by atoms with Gasteiger partial charge >= 0.3 is 0 Å². The van der Waals surface area contributed by atoms with Crippen LogP contribution in [0.3, 0.4) is 0 Å². The molecule has 22 heavy (non-hydrogen) atoms. The van der Waals surface area contributed by atoms with Gasteiger partial charge in [0.25, 0.3) is 0 Å². The van der Waals surface area contributed by atoms with Crippen LogP contribution in [0.2, 0.25) is 0 Å². The van der Waals surface area contributed by atoms with Crippen LogP contribution in [-0.2, 0) is 12.8 Å². The lowest BCUT2D eigenvalue weighted by atomic mass is 9.85. The van der Waals surface area contributed by atoms with E-state index in [9.17, 15) is 0 Å². The highest BCUT2D eigenvalue weighted by Crippen LogP contribution is 2.34. The van der Waals surface area contributed by atoms with Crippen molar-refractivity contribution in [3.05, 3.63) is 65.4 Å². The second-order valence-electron chi connectivity index (χ2n) is 5.84. The summed E-state index contributed by atoms with van der Waals surface area (Å²) in [5.41, 5.74) is 4.37. The van der Waals surface area contributed by atoms with E-state index in [0.29, 0.717) is 11.8 Å². The molecule has 4 heteroatoms. The fourth-order valence-corrected chi connectivity index (χ4v) is 3.06. The van der Waals surface area contributed by atoms with Crippen molar-refractivity contribution < 1.29 is 4.42 Å². The van der Waals surface area contributed by atoms with Crippen LogP contribution >= 0.6 is 0 Å². The standard InChI is InChI=1S/C18H17N3O/c1-12-8-14(11-19-10-12)13-5-6-17-16(9-13)21-18(22-17)15-4-2-3-7-20-15/h2-4,7-8,10-11,13H,5-6,9H2,1H3. The molecule has 1 atom stereocenters. The summed E-state index contributed by atoms with van der Waals surface area (Å²) in [5, 5.41) is 0. The third-order valence-electron chi connectivity index (χ3n) is 4.19. The Morgan fingerprint density at radius 1 is 1.23 bits per heavy atom. The fraction of sp³-hybridized carbons (Fsp3) is 0.278. The highest BCUT2D eigenvalue weighted by Gasteiger charge is 2.26. The third kappa shape index (κ3) is 2.41. The largest absolute Gasteiger partial charge is 0.440 e. The van der Waals surface area contributed by atoms with Gasteiger partial charge in [-0.05, 0) is 42.5 Å². The van der Waals surface area contributed by atoms with Gasteiger partial charge in [-0.2, -0.15) is 0 Å². The number of nitrogens with zero attached hydrogens (tertiary/aromatic N) is 3. The molecule has 3 aromatic heterocycles. The van der Waals surface area contributed by atoms with Gasteiger partial charge in [-0.1, -0.05) is 12.1 Å². The van der Waals surface area contributed by atoms with Crippen molar-refractivity contribution in [2.45, 2.75) is 32.1 Å². The van der Waals surface area contributed by atoms with Crippen LogP contribution in [0.4, 0.5) is 0 Å². The fourth-order valence-electron chi connectivity index (χ4n) is 3.06. The molecule has 0 fully saturated rings. The summed E-state index contributed by atoms with van der Waals surface area (Å²) in [6.07, 6.45) is 8.55. The van der Waals surface area contributed by atoms with E-state index in [4.69, 9.17) is 4.42 Å². The lowest BCUT2D eigenvalue weighted by Crippen LogP contribution is -2.12. The summed E-state index contributed by atoms with van der Waals surface area (Å²) in [6, 6.07) is 8.00. The zero-order valence-corrected chi connectivity index (χ0v) is 12.5. The predicted octanol–water partition coefficient (Wildman–Crippen LogP) is 3.71. The first-order chi connectivity index (χ1) is 10.8. The van der Waals surface area contributed by atoms with E-state index in [-0.39, 0.29) is 0 Å². The van der Waals surface area contributed by atoms with Gasteiger partial charge in [-0.3, -0.25) is 9.97 Å². The van der Waals surface area contributed by atoms with Crippen LogP contribution < -0.4 is 0 Å². The molecule has 4 nitrogen and oxygen atoms in total. The van der Waals surface area contributed by atoms with Gasteiger partial charge in [0, 0.05) is 31.4 Å². The zero-order valence-electron chi connectivity index (χ0n) is 12.5.